The minimum Gasteiger partial charge on any atom is -0.454 e. The van der Waals surface area contributed by atoms with Gasteiger partial charge in [-0.25, -0.2) is 0 Å². The van der Waals surface area contributed by atoms with Crippen LogP contribution in [0.25, 0.3) is 0 Å². The molecule has 1 aromatic carbocycles. The van der Waals surface area contributed by atoms with Crippen LogP contribution in [-0.2, 0) is 5.41 Å². The molecule has 2 aromatic rings. The molecule has 0 saturated carbocycles. The standard InChI is InChI=1S/C15H16Cl2N2O/c1-9-7-10(15(2,3)4)5-6-11(9)20-12-8-13(16)18-19-14(12)17/h5-8H,1-4H3. The van der Waals surface area contributed by atoms with E-state index in [0.29, 0.717) is 5.75 Å². The normalized spacial score (nSPS) is 11.5. The van der Waals surface area contributed by atoms with E-state index in [4.69, 9.17) is 27.9 Å². The summed E-state index contributed by atoms with van der Waals surface area (Å²) in [4.78, 5) is 0. The lowest BCUT2D eigenvalue weighted by atomic mass is 9.86. The summed E-state index contributed by atoms with van der Waals surface area (Å²) in [7, 11) is 0. The maximum Gasteiger partial charge on any atom is 0.194 e. The van der Waals surface area contributed by atoms with E-state index in [1.54, 1.807) is 6.07 Å². The first-order valence-electron chi connectivity index (χ1n) is 6.25. The first-order chi connectivity index (χ1) is 9.27. The van der Waals surface area contributed by atoms with Crippen LogP contribution in [0, 0.1) is 6.92 Å². The van der Waals surface area contributed by atoms with Crippen molar-refractivity contribution in [3.8, 4) is 11.5 Å². The molecule has 0 bridgehead atoms. The zero-order chi connectivity index (χ0) is 14.9. The van der Waals surface area contributed by atoms with E-state index >= 15 is 0 Å². The zero-order valence-electron chi connectivity index (χ0n) is 11.9. The highest BCUT2D eigenvalue weighted by Crippen LogP contribution is 2.33. The number of nitrogens with zero attached hydrogens (tertiary/aromatic N) is 2. The van der Waals surface area contributed by atoms with E-state index in [9.17, 15) is 0 Å². The first kappa shape index (κ1) is 15.1. The predicted octanol–water partition coefficient (Wildman–Crippen LogP) is 5.18. The highest BCUT2D eigenvalue weighted by molar-refractivity contribution is 6.32. The summed E-state index contributed by atoms with van der Waals surface area (Å²) in [6, 6.07) is 7.64. The average Bonchev–Trinajstić information content (AvgIpc) is 2.35. The van der Waals surface area contributed by atoms with Crippen molar-refractivity contribution < 1.29 is 4.74 Å². The highest BCUT2D eigenvalue weighted by atomic mass is 35.5. The van der Waals surface area contributed by atoms with Gasteiger partial charge >= 0.3 is 0 Å². The summed E-state index contributed by atoms with van der Waals surface area (Å²) in [6.07, 6.45) is 0. The molecular formula is C15H16Cl2N2O. The molecule has 0 unspecified atom stereocenters. The van der Waals surface area contributed by atoms with Crippen LogP contribution >= 0.6 is 23.2 Å². The van der Waals surface area contributed by atoms with Gasteiger partial charge in [0, 0.05) is 6.07 Å². The molecule has 0 aliphatic carbocycles. The van der Waals surface area contributed by atoms with E-state index in [2.05, 4.69) is 37.0 Å². The average molecular weight is 311 g/mol. The Morgan fingerprint density at radius 1 is 1.00 bits per heavy atom. The third-order valence-corrected chi connectivity index (χ3v) is 3.39. The largest absolute Gasteiger partial charge is 0.454 e. The van der Waals surface area contributed by atoms with Crippen molar-refractivity contribution in [1.82, 2.24) is 10.2 Å². The minimum absolute atomic E-state index is 0.0997. The molecule has 0 fully saturated rings. The number of hydrogen-bond donors (Lipinski definition) is 0. The van der Waals surface area contributed by atoms with Gasteiger partial charge < -0.3 is 4.74 Å². The molecule has 0 N–H and O–H groups in total. The Morgan fingerprint density at radius 3 is 2.30 bits per heavy atom. The first-order valence-corrected chi connectivity index (χ1v) is 7.00. The third-order valence-electron chi connectivity index (χ3n) is 2.95. The van der Waals surface area contributed by atoms with Crippen molar-refractivity contribution in [2.24, 2.45) is 0 Å². The lowest BCUT2D eigenvalue weighted by molar-refractivity contribution is 0.473. The molecule has 1 heterocycles. The molecule has 3 nitrogen and oxygen atoms in total. The molecule has 0 spiro atoms. The molecule has 0 atom stereocenters. The van der Waals surface area contributed by atoms with Gasteiger partial charge in [0.05, 0.1) is 0 Å². The van der Waals surface area contributed by atoms with Gasteiger partial charge in [-0.15, -0.1) is 10.2 Å². The van der Waals surface area contributed by atoms with Gasteiger partial charge in [-0.1, -0.05) is 56.1 Å². The van der Waals surface area contributed by atoms with Crippen LogP contribution in [-0.4, -0.2) is 10.2 Å². The monoisotopic (exact) mass is 310 g/mol. The topological polar surface area (TPSA) is 35.0 Å². The Bertz CT molecular complexity index is 636. The van der Waals surface area contributed by atoms with Gasteiger partial charge in [0.25, 0.3) is 0 Å². The van der Waals surface area contributed by atoms with Crippen LogP contribution in [0.4, 0.5) is 0 Å². The second-order valence-electron chi connectivity index (χ2n) is 5.65. The van der Waals surface area contributed by atoms with Gasteiger partial charge in [-0.3, -0.25) is 0 Å². The van der Waals surface area contributed by atoms with E-state index in [-0.39, 0.29) is 15.7 Å². The number of hydrogen-bond acceptors (Lipinski definition) is 3. The van der Waals surface area contributed by atoms with Crippen LogP contribution in [0.15, 0.2) is 24.3 Å². The molecule has 0 radical (unpaired) electrons. The van der Waals surface area contributed by atoms with Gasteiger partial charge in [0.1, 0.15) is 5.75 Å². The molecule has 0 aliphatic heterocycles. The molecule has 0 amide bonds. The fourth-order valence-electron chi connectivity index (χ4n) is 1.76. The lowest BCUT2D eigenvalue weighted by Gasteiger charge is -2.20. The maximum absolute atomic E-state index is 5.95. The van der Waals surface area contributed by atoms with Crippen LogP contribution < -0.4 is 4.74 Å². The number of rotatable bonds is 2. The second kappa shape index (κ2) is 5.58. The van der Waals surface area contributed by atoms with Crippen LogP contribution in [0.2, 0.25) is 10.3 Å². The summed E-state index contributed by atoms with van der Waals surface area (Å²) < 4.78 is 5.77. The van der Waals surface area contributed by atoms with Gasteiger partial charge in [-0.2, -0.15) is 0 Å². The van der Waals surface area contributed by atoms with E-state index < -0.39 is 0 Å². The second-order valence-corrected chi connectivity index (χ2v) is 6.40. The number of aryl methyl sites for hydroxylation is 1. The van der Waals surface area contributed by atoms with Crippen molar-refractivity contribution in [1.29, 1.82) is 0 Å². The SMILES string of the molecule is Cc1cc(C(C)(C)C)ccc1Oc1cc(Cl)nnc1Cl. The molecule has 20 heavy (non-hydrogen) atoms. The van der Waals surface area contributed by atoms with E-state index in [1.165, 1.54) is 5.56 Å². The Labute approximate surface area is 128 Å². The quantitative estimate of drug-likeness (QED) is 0.766. The van der Waals surface area contributed by atoms with Gasteiger partial charge in [0.15, 0.2) is 16.1 Å². The summed E-state index contributed by atoms with van der Waals surface area (Å²) in [5.74, 6) is 1.13. The Morgan fingerprint density at radius 2 is 1.70 bits per heavy atom. The molecular weight excluding hydrogens is 295 g/mol. The predicted molar refractivity (Wildman–Crippen MR) is 82.0 cm³/mol. The fourth-order valence-corrected chi connectivity index (χ4v) is 2.03. The van der Waals surface area contributed by atoms with E-state index in [0.717, 1.165) is 11.3 Å². The summed E-state index contributed by atoms with van der Waals surface area (Å²) in [6.45, 7) is 8.51. The van der Waals surface area contributed by atoms with Crippen LogP contribution in [0.5, 0.6) is 11.5 Å². The summed E-state index contributed by atoms with van der Waals surface area (Å²) in [5, 5.41) is 7.81. The number of aromatic nitrogens is 2. The number of ether oxygens (including phenoxy) is 1. The van der Waals surface area contributed by atoms with Crippen LogP contribution in [0.3, 0.4) is 0 Å². The molecule has 106 valence electrons. The fraction of sp³-hybridized carbons (Fsp3) is 0.333. The lowest BCUT2D eigenvalue weighted by Crippen LogP contribution is -2.11. The molecule has 2 rings (SSSR count). The maximum atomic E-state index is 5.95. The Balaban J connectivity index is 2.33. The van der Waals surface area contributed by atoms with Crippen molar-refractivity contribution in [3.63, 3.8) is 0 Å². The van der Waals surface area contributed by atoms with Gasteiger partial charge in [-0.05, 0) is 29.5 Å². The number of halogens is 2. The number of benzene rings is 1. The highest BCUT2D eigenvalue weighted by Gasteiger charge is 2.15. The zero-order valence-corrected chi connectivity index (χ0v) is 13.4. The molecule has 1 aromatic heterocycles. The van der Waals surface area contributed by atoms with Crippen molar-refractivity contribution in [2.75, 3.05) is 0 Å². The van der Waals surface area contributed by atoms with E-state index in [1.807, 2.05) is 19.1 Å². The Kier molecular flexibility index (Phi) is 4.21. The smallest absolute Gasteiger partial charge is 0.194 e. The van der Waals surface area contributed by atoms with Gasteiger partial charge in [0.2, 0.25) is 0 Å². The summed E-state index contributed by atoms with van der Waals surface area (Å²) in [5.41, 5.74) is 2.38. The summed E-state index contributed by atoms with van der Waals surface area (Å²) >= 11 is 11.7. The minimum atomic E-state index is 0.0997. The van der Waals surface area contributed by atoms with Crippen molar-refractivity contribution in [2.45, 2.75) is 33.1 Å². The molecule has 0 saturated heterocycles. The third kappa shape index (κ3) is 3.41. The van der Waals surface area contributed by atoms with Crippen molar-refractivity contribution >= 4 is 23.2 Å². The molecule has 0 aliphatic rings. The molecule has 5 heteroatoms. The Hall–Kier alpha value is -1.32. The van der Waals surface area contributed by atoms with Crippen molar-refractivity contribution in [3.05, 3.63) is 45.7 Å². The van der Waals surface area contributed by atoms with Crippen LogP contribution in [0.1, 0.15) is 31.9 Å².